The number of hydrogen-bond acceptors (Lipinski definition) is 6. The van der Waals surface area contributed by atoms with Gasteiger partial charge < -0.3 is 5.32 Å². The minimum Gasteiger partial charge on any atom is -0.320 e. The highest BCUT2D eigenvalue weighted by Gasteiger charge is 2.17. The number of allylic oxidation sites excluding steroid dienone is 1. The molecule has 1 N–H and O–H groups in total. The zero-order chi connectivity index (χ0) is 20.8. The number of aromatic nitrogens is 3. The van der Waals surface area contributed by atoms with Crippen LogP contribution >= 0.6 is 23.4 Å². The van der Waals surface area contributed by atoms with Gasteiger partial charge in [-0.3, -0.25) is 19.5 Å². The third kappa shape index (κ3) is 5.01. The van der Waals surface area contributed by atoms with Crippen LogP contribution in [0.2, 0.25) is 5.02 Å². The van der Waals surface area contributed by atoms with Crippen molar-refractivity contribution < 1.29 is 9.72 Å². The number of amides is 1. The number of anilines is 1. The van der Waals surface area contributed by atoms with Gasteiger partial charge in [0.2, 0.25) is 5.91 Å². The summed E-state index contributed by atoms with van der Waals surface area (Å²) in [6.07, 6.45) is 1.71. The van der Waals surface area contributed by atoms with E-state index in [1.807, 2.05) is 16.7 Å². The molecular weight excluding hydrogens is 414 g/mol. The Morgan fingerprint density at radius 2 is 1.97 bits per heavy atom. The van der Waals surface area contributed by atoms with Crippen LogP contribution in [0.25, 0.3) is 11.4 Å². The molecule has 8 nitrogen and oxygen atoms in total. The minimum absolute atomic E-state index is 0.0158. The Morgan fingerprint density at radius 3 is 2.66 bits per heavy atom. The third-order valence-electron chi connectivity index (χ3n) is 3.84. The fraction of sp³-hybridized carbons (Fsp3) is 0.105. The van der Waals surface area contributed by atoms with Crippen molar-refractivity contribution in [3.05, 3.63) is 76.3 Å². The molecule has 10 heteroatoms. The van der Waals surface area contributed by atoms with Crippen LogP contribution in [0.4, 0.5) is 11.4 Å². The van der Waals surface area contributed by atoms with Crippen molar-refractivity contribution in [2.24, 2.45) is 0 Å². The summed E-state index contributed by atoms with van der Waals surface area (Å²) in [6.45, 7) is 4.21. The van der Waals surface area contributed by atoms with Crippen LogP contribution in [0.15, 0.2) is 66.3 Å². The second-order valence-electron chi connectivity index (χ2n) is 5.82. The average molecular weight is 430 g/mol. The molecule has 0 fully saturated rings. The minimum atomic E-state index is -0.540. The van der Waals surface area contributed by atoms with Gasteiger partial charge in [-0.25, -0.2) is 0 Å². The Kier molecular flexibility index (Phi) is 6.63. The van der Waals surface area contributed by atoms with E-state index in [1.165, 1.54) is 23.9 Å². The van der Waals surface area contributed by atoms with Gasteiger partial charge in [-0.1, -0.05) is 41.6 Å². The predicted molar refractivity (Wildman–Crippen MR) is 113 cm³/mol. The molecule has 0 saturated heterocycles. The lowest BCUT2D eigenvalue weighted by molar-refractivity contribution is -0.383. The highest BCUT2D eigenvalue weighted by atomic mass is 35.5. The van der Waals surface area contributed by atoms with Gasteiger partial charge in [-0.05, 0) is 30.3 Å². The number of carbonyl (C=O) groups excluding carboxylic acids is 1. The second-order valence-corrected chi connectivity index (χ2v) is 7.20. The fourth-order valence-electron chi connectivity index (χ4n) is 2.56. The molecule has 0 spiro atoms. The molecule has 148 valence electrons. The number of nitrogens with zero attached hydrogens (tertiary/aromatic N) is 4. The number of halogens is 1. The van der Waals surface area contributed by atoms with E-state index < -0.39 is 4.92 Å². The molecule has 0 aliphatic heterocycles. The maximum absolute atomic E-state index is 12.3. The Balaban J connectivity index is 1.74. The summed E-state index contributed by atoms with van der Waals surface area (Å²) >= 11 is 7.12. The van der Waals surface area contributed by atoms with Crippen molar-refractivity contribution in [3.63, 3.8) is 0 Å². The van der Waals surface area contributed by atoms with E-state index in [2.05, 4.69) is 22.1 Å². The number of hydrogen-bond donors (Lipinski definition) is 1. The molecule has 0 aliphatic carbocycles. The fourth-order valence-corrected chi connectivity index (χ4v) is 3.43. The number of nitrogens with one attached hydrogen (secondary N) is 1. The smallest absolute Gasteiger partial charge is 0.292 e. The normalized spacial score (nSPS) is 10.5. The van der Waals surface area contributed by atoms with Gasteiger partial charge in [0.15, 0.2) is 11.0 Å². The Morgan fingerprint density at radius 1 is 1.24 bits per heavy atom. The van der Waals surface area contributed by atoms with Crippen molar-refractivity contribution in [1.29, 1.82) is 0 Å². The second kappa shape index (κ2) is 9.35. The first-order valence-corrected chi connectivity index (χ1v) is 9.82. The van der Waals surface area contributed by atoms with Crippen LogP contribution in [0, 0.1) is 10.1 Å². The predicted octanol–water partition coefficient (Wildman–Crippen LogP) is 4.42. The number of benzene rings is 2. The van der Waals surface area contributed by atoms with E-state index >= 15 is 0 Å². The lowest BCUT2D eigenvalue weighted by Crippen LogP contribution is -2.15. The van der Waals surface area contributed by atoms with Gasteiger partial charge in [-0.15, -0.1) is 16.8 Å². The van der Waals surface area contributed by atoms with Crippen LogP contribution < -0.4 is 5.32 Å². The number of thioether (sulfide) groups is 1. The summed E-state index contributed by atoms with van der Waals surface area (Å²) in [4.78, 5) is 22.8. The third-order valence-corrected chi connectivity index (χ3v) is 5.06. The Hall–Kier alpha value is -3.17. The highest BCUT2D eigenvalue weighted by molar-refractivity contribution is 7.99. The van der Waals surface area contributed by atoms with Gasteiger partial charge in [0.25, 0.3) is 5.69 Å². The molecule has 0 aliphatic rings. The van der Waals surface area contributed by atoms with Crippen molar-refractivity contribution in [2.75, 3.05) is 11.1 Å². The van der Waals surface area contributed by atoms with Crippen LogP contribution in [0.3, 0.4) is 0 Å². The standard InChI is InChI=1S/C19H16ClN5O3S/c1-2-11-24-18(13-7-9-14(20)10-8-13)22-23-19(24)29-12-17(26)21-15-5-3-4-6-16(15)25(27)28/h2-10H,1,11-12H2,(H,21,26). The molecule has 0 unspecified atom stereocenters. The topological polar surface area (TPSA) is 103 Å². The number of nitro benzene ring substituents is 1. The first-order valence-electron chi connectivity index (χ1n) is 8.45. The molecule has 0 bridgehead atoms. The Bertz CT molecular complexity index is 1050. The summed E-state index contributed by atoms with van der Waals surface area (Å²) in [5.74, 6) is 0.260. The van der Waals surface area contributed by atoms with Crippen LogP contribution in [-0.2, 0) is 11.3 Å². The van der Waals surface area contributed by atoms with E-state index in [1.54, 1.807) is 30.3 Å². The largest absolute Gasteiger partial charge is 0.320 e. The zero-order valence-electron chi connectivity index (χ0n) is 15.1. The average Bonchev–Trinajstić information content (AvgIpc) is 3.10. The summed E-state index contributed by atoms with van der Waals surface area (Å²) in [7, 11) is 0. The quantitative estimate of drug-likeness (QED) is 0.246. The number of nitro groups is 1. The molecule has 29 heavy (non-hydrogen) atoms. The van der Waals surface area contributed by atoms with E-state index in [-0.39, 0.29) is 23.0 Å². The SMILES string of the molecule is C=CCn1c(SCC(=O)Nc2ccccc2[N+](=O)[O-])nnc1-c1ccc(Cl)cc1. The molecule has 3 aromatic rings. The van der Waals surface area contributed by atoms with E-state index in [0.717, 1.165) is 5.56 Å². The highest BCUT2D eigenvalue weighted by Crippen LogP contribution is 2.26. The molecular formula is C19H16ClN5O3S. The van der Waals surface area contributed by atoms with Crippen LogP contribution in [0.5, 0.6) is 0 Å². The van der Waals surface area contributed by atoms with Crippen molar-refractivity contribution in [3.8, 4) is 11.4 Å². The van der Waals surface area contributed by atoms with E-state index in [9.17, 15) is 14.9 Å². The maximum atomic E-state index is 12.3. The van der Waals surface area contributed by atoms with Gasteiger partial charge in [0.05, 0.1) is 10.7 Å². The lowest BCUT2D eigenvalue weighted by atomic mass is 10.2. The maximum Gasteiger partial charge on any atom is 0.292 e. The molecule has 1 amide bonds. The van der Waals surface area contributed by atoms with Crippen molar-refractivity contribution >= 4 is 40.6 Å². The summed E-state index contributed by atoms with van der Waals surface area (Å²) < 4.78 is 1.83. The van der Waals surface area contributed by atoms with E-state index in [4.69, 9.17) is 11.6 Å². The summed E-state index contributed by atoms with van der Waals surface area (Å²) in [5, 5.41) is 23.2. The monoisotopic (exact) mass is 429 g/mol. The summed E-state index contributed by atoms with van der Waals surface area (Å²) in [5.41, 5.74) is 0.822. The van der Waals surface area contributed by atoms with Gasteiger partial charge in [-0.2, -0.15) is 0 Å². The van der Waals surface area contributed by atoms with Gasteiger partial charge in [0, 0.05) is 23.2 Å². The summed E-state index contributed by atoms with van der Waals surface area (Å²) in [6, 6.07) is 13.2. The number of para-hydroxylation sites is 2. The number of rotatable bonds is 8. The van der Waals surface area contributed by atoms with Crippen LogP contribution in [0.1, 0.15) is 0 Å². The Labute approximate surface area is 175 Å². The van der Waals surface area contributed by atoms with Crippen molar-refractivity contribution in [2.45, 2.75) is 11.7 Å². The molecule has 1 heterocycles. The first kappa shape index (κ1) is 20.6. The van der Waals surface area contributed by atoms with Gasteiger partial charge in [0.1, 0.15) is 5.69 Å². The zero-order valence-corrected chi connectivity index (χ0v) is 16.7. The molecule has 0 radical (unpaired) electrons. The van der Waals surface area contributed by atoms with E-state index in [0.29, 0.717) is 22.5 Å². The molecule has 3 rings (SSSR count). The molecule has 1 aromatic heterocycles. The number of carbonyl (C=O) groups is 1. The van der Waals surface area contributed by atoms with Crippen LogP contribution in [-0.4, -0.2) is 31.3 Å². The van der Waals surface area contributed by atoms with Gasteiger partial charge >= 0.3 is 0 Å². The lowest BCUT2D eigenvalue weighted by Gasteiger charge is -2.08. The molecule has 0 saturated carbocycles. The first-order chi connectivity index (χ1) is 14.0. The van der Waals surface area contributed by atoms with Crippen molar-refractivity contribution in [1.82, 2.24) is 14.8 Å². The molecule has 0 atom stereocenters. The molecule has 2 aromatic carbocycles.